The Morgan fingerprint density at radius 1 is 1.45 bits per heavy atom. The lowest BCUT2D eigenvalue weighted by molar-refractivity contribution is 0.0533. The molecule has 5 N–H and O–H groups in total. The summed E-state index contributed by atoms with van der Waals surface area (Å²) in [5.41, 5.74) is 11.5. The summed E-state index contributed by atoms with van der Waals surface area (Å²) in [5, 5.41) is 3.82. The largest absolute Gasteiger partial charge is 0.462 e. The maximum atomic E-state index is 11.8. The number of ether oxygens (including phenoxy) is 1. The van der Waals surface area contributed by atoms with E-state index < -0.39 is 11.9 Å². The van der Waals surface area contributed by atoms with Gasteiger partial charge in [0.1, 0.15) is 9.88 Å². The van der Waals surface area contributed by atoms with Gasteiger partial charge in [0.25, 0.3) is 5.91 Å². The van der Waals surface area contributed by atoms with Gasteiger partial charge in [0.15, 0.2) is 0 Å². The third-order valence-electron chi connectivity index (χ3n) is 3.42. The van der Waals surface area contributed by atoms with Gasteiger partial charge < -0.3 is 21.5 Å². The first-order chi connectivity index (χ1) is 9.49. The smallest absolute Gasteiger partial charge is 0.350 e. The zero-order valence-corrected chi connectivity index (χ0v) is 12.4. The molecule has 0 aromatic carbocycles. The predicted octanol–water partition coefficient (Wildman–Crippen LogP) is 1.82. The van der Waals surface area contributed by atoms with Gasteiger partial charge in [0.05, 0.1) is 17.9 Å². The van der Waals surface area contributed by atoms with E-state index >= 15 is 0 Å². The molecule has 2 unspecified atom stereocenters. The third-order valence-corrected chi connectivity index (χ3v) is 4.53. The Hall–Kier alpha value is -1.76. The molecule has 1 aliphatic rings. The highest BCUT2D eigenvalue weighted by Gasteiger charge is 2.37. The summed E-state index contributed by atoms with van der Waals surface area (Å²) in [7, 11) is 0. The Bertz CT molecular complexity index is 541. The minimum absolute atomic E-state index is 0.108. The van der Waals surface area contributed by atoms with E-state index in [1.807, 2.05) is 0 Å². The summed E-state index contributed by atoms with van der Waals surface area (Å²) >= 11 is 1.13. The van der Waals surface area contributed by atoms with E-state index in [1.54, 1.807) is 6.92 Å². The van der Waals surface area contributed by atoms with Crippen molar-refractivity contribution in [3.63, 3.8) is 0 Å². The minimum atomic E-state index is -0.634. The van der Waals surface area contributed by atoms with Crippen LogP contribution in [0, 0.1) is 5.92 Å². The number of rotatable bonds is 6. The first kappa shape index (κ1) is 14.6. The molecule has 0 bridgehead atoms. The van der Waals surface area contributed by atoms with Crippen LogP contribution in [0.4, 0.5) is 10.7 Å². The van der Waals surface area contributed by atoms with E-state index in [0.717, 1.165) is 24.2 Å². The molecule has 0 radical (unpaired) electrons. The summed E-state index contributed by atoms with van der Waals surface area (Å²) in [5.74, 6) is -0.552. The molecule has 7 heteroatoms. The van der Waals surface area contributed by atoms with Gasteiger partial charge in [0, 0.05) is 6.04 Å². The van der Waals surface area contributed by atoms with Gasteiger partial charge in [-0.15, -0.1) is 11.3 Å². The van der Waals surface area contributed by atoms with Crippen LogP contribution < -0.4 is 16.8 Å². The number of esters is 1. The van der Waals surface area contributed by atoms with Crippen molar-refractivity contribution in [2.75, 3.05) is 17.7 Å². The van der Waals surface area contributed by atoms with Crippen molar-refractivity contribution < 1.29 is 14.3 Å². The van der Waals surface area contributed by atoms with E-state index in [-0.39, 0.29) is 22.7 Å². The number of nitrogens with one attached hydrogen (secondary N) is 1. The van der Waals surface area contributed by atoms with Gasteiger partial charge in [-0.05, 0) is 19.3 Å². The van der Waals surface area contributed by atoms with Crippen LogP contribution in [0.25, 0.3) is 0 Å². The summed E-state index contributed by atoms with van der Waals surface area (Å²) < 4.78 is 4.93. The molecular formula is C13H19N3O3S. The number of amides is 1. The average Bonchev–Trinajstić information content (AvgIpc) is 3.05. The van der Waals surface area contributed by atoms with E-state index in [2.05, 4.69) is 12.2 Å². The van der Waals surface area contributed by atoms with Gasteiger partial charge >= 0.3 is 5.97 Å². The van der Waals surface area contributed by atoms with Crippen molar-refractivity contribution >= 4 is 33.9 Å². The summed E-state index contributed by atoms with van der Waals surface area (Å²) in [6.45, 7) is 4.09. The molecule has 1 aromatic rings. The lowest BCUT2D eigenvalue weighted by Crippen LogP contribution is -2.16. The minimum Gasteiger partial charge on any atom is -0.462 e. The summed E-state index contributed by atoms with van der Waals surface area (Å²) in [4.78, 5) is 23.6. The van der Waals surface area contributed by atoms with Gasteiger partial charge in [-0.1, -0.05) is 13.3 Å². The molecule has 2 rings (SSSR count). The highest BCUT2D eigenvalue weighted by molar-refractivity contribution is 7.19. The van der Waals surface area contributed by atoms with Gasteiger partial charge in [-0.3, -0.25) is 4.79 Å². The van der Waals surface area contributed by atoms with Crippen molar-refractivity contribution in [1.82, 2.24) is 0 Å². The highest BCUT2D eigenvalue weighted by Crippen LogP contribution is 2.42. The fourth-order valence-electron chi connectivity index (χ4n) is 2.18. The summed E-state index contributed by atoms with van der Waals surface area (Å²) in [6.07, 6.45) is 2.14. The molecular weight excluding hydrogens is 278 g/mol. The number of hydrogen-bond donors (Lipinski definition) is 3. The number of nitrogens with two attached hydrogens (primary N) is 2. The second kappa shape index (κ2) is 5.70. The molecule has 1 fully saturated rings. The Balaban J connectivity index is 2.28. The molecule has 1 heterocycles. The monoisotopic (exact) mass is 297 g/mol. The lowest BCUT2D eigenvalue weighted by Gasteiger charge is -2.04. The first-order valence-electron chi connectivity index (χ1n) is 6.65. The van der Waals surface area contributed by atoms with Crippen LogP contribution in [0.2, 0.25) is 0 Å². The Morgan fingerprint density at radius 2 is 2.15 bits per heavy atom. The van der Waals surface area contributed by atoms with Crippen molar-refractivity contribution in [1.29, 1.82) is 0 Å². The number of thiophene rings is 1. The molecule has 20 heavy (non-hydrogen) atoms. The standard InChI is InChI=1S/C13H19N3O3S/c1-3-6-5-7(6)16-12-8(11(15)17)9(14)10(20-12)13(18)19-4-2/h6-7,16H,3-5,14H2,1-2H3,(H2,15,17). The van der Waals surface area contributed by atoms with Crippen LogP contribution >= 0.6 is 11.3 Å². The Morgan fingerprint density at radius 3 is 2.65 bits per heavy atom. The molecule has 0 aliphatic heterocycles. The zero-order chi connectivity index (χ0) is 14.9. The van der Waals surface area contributed by atoms with E-state index in [4.69, 9.17) is 16.2 Å². The SMILES string of the molecule is CCOC(=O)c1sc(NC2CC2CC)c(C(N)=O)c1N. The number of hydrogen-bond acceptors (Lipinski definition) is 6. The molecule has 110 valence electrons. The molecule has 1 saturated carbocycles. The average molecular weight is 297 g/mol. The van der Waals surface area contributed by atoms with Crippen LogP contribution in [0.15, 0.2) is 0 Å². The zero-order valence-electron chi connectivity index (χ0n) is 11.6. The summed E-state index contributed by atoms with van der Waals surface area (Å²) in [6, 6.07) is 0.325. The normalized spacial score (nSPS) is 20.5. The maximum Gasteiger partial charge on any atom is 0.350 e. The van der Waals surface area contributed by atoms with Crippen molar-refractivity contribution in [2.45, 2.75) is 32.7 Å². The number of carbonyl (C=O) groups excluding carboxylic acids is 2. The predicted molar refractivity (Wildman–Crippen MR) is 79.0 cm³/mol. The van der Waals surface area contributed by atoms with Crippen molar-refractivity contribution in [3.05, 3.63) is 10.4 Å². The topological polar surface area (TPSA) is 107 Å². The number of primary amides is 1. The van der Waals surface area contributed by atoms with Crippen LogP contribution in [0.3, 0.4) is 0 Å². The fourth-order valence-corrected chi connectivity index (χ4v) is 3.26. The number of anilines is 2. The first-order valence-corrected chi connectivity index (χ1v) is 7.46. The van der Waals surface area contributed by atoms with E-state index in [1.165, 1.54) is 0 Å². The van der Waals surface area contributed by atoms with Crippen LogP contribution in [0.5, 0.6) is 0 Å². The second-order valence-electron chi connectivity index (χ2n) is 4.79. The number of carbonyl (C=O) groups is 2. The number of nitrogen functional groups attached to an aromatic ring is 1. The molecule has 6 nitrogen and oxygen atoms in total. The molecule has 1 aromatic heterocycles. The van der Waals surface area contributed by atoms with E-state index in [0.29, 0.717) is 17.0 Å². The second-order valence-corrected chi connectivity index (χ2v) is 5.81. The molecule has 0 saturated heterocycles. The molecule has 2 atom stereocenters. The van der Waals surface area contributed by atoms with Crippen LogP contribution in [-0.2, 0) is 4.74 Å². The lowest BCUT2D eigenvalue weighted by atomic mass is 10.2. The highest BCUT2D eigenvalue weighted by atomic mass is 32.1. The Kier molecular flexibility index (Phi) is 4.17. The quantitative estimate of drug-likeness (QED) is 0.694. The van der Waals surface area contributed by atoms with E-state index in [9.17, 15) is 9.59 Å². The molecule has 1 aliphatic carbocycles. The van der Waals surface area contributed by atoms with Gasteiger partial charge in [-0.25, -0.2) is 4.79 Å². The van der Waals surface area contributed by atoms with Gasteiger partial charge in [0.2, 0.25) is 0 Å². The van der Waals surface area contributed by atoms with Gasteiger partial charge in [-0.2, -0.15) is 0 Å². The van der Waals surface area contributed by atoms with Crippen molar-refractivity contribution in [3.8, 4) is 0 Å². The molecule has 0 spiro atoms. The van der Waals surface area contributed by atoms with Crippen LogP contribution in [0.1, 0.15) is 46.7 Å². The molecule has 1 amide bonds. The third kappa shape index (κ3) is 2.72. The van der Waals surface area contributed by atoms with Crippen molar-refractivity contribution in [2.24, 2.45) is 11.7 Å². The Labute approximate surface area is 121 Å². The van der Waals surface area contributed by atoms with Crippen LogP contribution in [-0.4, -0.2) is 24.5 Å². The fraction of sp³-hybridized carbons (Fsp3) is 0.538. The maximum absolute atomic E-state index is 11.8.